The standard InChI is InChI=1S/C18H31P/c1-2-3-4-5-6-7-8-9-10-11-14-17-15-12-13-16-18(17)19/h12-13,15-16H,2-11,14,19H2,1H3. The van der Waals surface area contributed by atoms with Gasteiger partial charge in [-0.1, -0.05) is 89.0 Å². The average Bonchev–Trinajstić information content (AvgIpc) is 2.43. The van der Waals surface area contributed by atoms with Gasteiger partial charge in [0.05, 0.1) is 0 Å². The molecule has 0 aromatic heterocycles. The third-order valence-corrected chi connectivity index (χ3v) is 4.42. The third kappa shape index (κ3) is 8.43. The van der Waals surface area contributed by atoms with Crippen LogP contribution in [0.1, 0.15) is 76.7 Å². The minimum absolute atomic E-state index is 1.25. The van der Waals surface area contributed by atoms with Crippen LogP contribution < -0.4 is 5.30 Å². The van der Waals surface area contributed by atoms with E-state index in [1.807, 2.05) is 0 Å². The summed E-state index contributed by atoms with van der Waals surface area (Å²) in [7, 11) is 2.85. The van der Waals surface area contributed by atoms with E-state index in [1.54, 1.807) is 0 Å². The van der Waals surface area contributed by atoms with Gasteiger partial charge >= 0.3 is 0 Å². The van der Waals surface area contributed by atoms with Crippen molar-refractivity contribution >= 4 is 14.5 Å². The van der Waals surface area contributed by atoms with Crippen molar-refractivity contribution in [2.45, 2.75) is 77.6 Å². The smallest absolute Gasteiger partial charge is 0.0271 e. The largest absolute Gasteiger partial charge is 0.105 e. The lowest BCUT2D eigenvalue weighted by Crippen LogP contribution is -2.00. The van der Waals surface area contributed by atoms with Crippen molar-refractivity contribution < 1.29 is 0 Å². The quantitative estimate of drug-likeness (QED) is 0.362. The zero-order valence-electron chi connectivity index (χ0n) is 12.7. The molecule has 0 aliphatic rings. The lowest BCUT2D eigenvalue weighted by molar-refractivity contribution is 0.556. The number of rotatable bonds is 11. The molecule has 0 bridgehead atoms. The van der Waals surface area contributed by atoms with Crippen molar-refractivity contribution in [1.29, 1.82) is 0 Å². The van der Waals surface area contributed by atoms with Crippen LogP contribution in [0, 0.1) is 0 Å². The Morgan fingerprint density at radius 2 is 1.26 bits per heavy atom. The molecule has 0 fully saturated rings. The molecule has 0 heterocycles. The minimum atomic E-state index is 1.25. The van der Waals surface area contributed by atoms with Gasteiger partial charge in [0, 0.05) is 0 Å². The van der Waals surface area contributed by atoms with Gasteiger partial charge in [-0.3, -0.25) is 0 Å². The second kappa shape index (κ2) is 11.5. The van der Waals surface area contributed by atoms with Crippen LogP contribution in [0.3, 0.4) is 0 Å². The van der Waals surface area contributed by atoms with Crippen LogP contribution in [0.25, 0.3) is 0 Å². The molecule has 0 radical (unpaired) electrons. The molecule has 1 unspecified atom stereocenters. The van der Waals surface area contributed by atoms with Crippen LogP contribution in [-0.2, 0) is 6.42 Å². The first-order valence-corrected chi connectivity index (χ1v) is 8.75. The molecular formula is C18H31P. The fraction of sp³-hybridized carbons (Fsp3) is 0.667. The summed E-state index contributed by atoms with van der Waals surface area (Å²) in [5, 5.41) is 1.37. The van der Waals surface area contributed by atoms with E-state index in [0.29, 0.717) is 0 Å². The molecule has 0 saturated carbocycles. The monoisotopic (exact) mass is 278 g/mol. The Bertz CT molecular complexity index is 319. The molecule has 0 aliphatic carbocycles. The Morgan fingerprint density at radius 3 is 1.84 bits per heavy atom. The van der Waals surface area contributed by atoms with Crippen LogP contribution in [0.2, 0.25) is 0 Å². The number of benzene rings is 1. The first-order chi connectivity index (χ1) is 9.34. The zero-order chi connectivity index (χ0) is 13.8. The number of hydrogen-bond acceptors (Lipinski definition) is 0. The highest BCUT2D eigenvalue weighted by atomic mass is 31.0. The van der Waals surface area contributed by atoms with Crippen molar-refractivity contribution in [3.63, 3.8) is 0 Å². The normalized spacial score (nSPS) is 10.8. The first kappa shape index (κ1) is 16.7. The second-order valence-electron chi connectivity index (χ2n) is 5.63. The van der Waals surface area contributed by atoms with Crippen molar-refractivity contribution in [1.82, 2.24) is 0 Å². The van der Waals surface area contributed by atoms with Crippen LogP contribution in [0.4, 0.5) is 0 Å². The van der Waals surface area contributed by atoms with Crippen LogP contribution in [0.5, 0.6) is 0 Å². The molecule has 108 valence electrons. The summed E-state index contributed by atoms with van der Waals surface area (Å²) in [6.07, 6.45) is 15.4. The summed E-state index contributed by atoms with van der Waals surface area (Å²) >= 11 is 0. The topological polar surface area (TPSA) is 0 Å². The molecule has 1 aromatic carbocycles. The van der Waals surface area contributed by atoms with Crippen molar-refractivity contribution in [2.75, 3.05) is 0 Å². The van der Waals surface area contributed by atoms with Gasteiger partial charge in [0.25, 0.3) is 0 Å². The average molecular weight is 278 g/mol. The molecule has 0 amide bonds. The molecule has 19 heavy (non-hydrogen) atoms. The van der Waals surface area contributed by atoms with E-state index in [4.69, 9.17) is 0 Å². The lowest BCUT2D eigenvalue weighted by atomic mass is 10.0. The highest BCUT2D eigenvalue weighted by Gasteiger charge is 1.97. The number of aryl methyl sites for hydroxylation is 1. The summed E-state index contributed by atoms with van der Waals surface area (Å²) in [5.41, 5.74) is 1.51. The van der Waals surface area contributed by atoms with Gasteiger partial charge in [0.1, 0.15) is 0 Å². The van der Waals surface area contributed by atoms with Gasteiger partial charge in [-0.05, 0) is 23.7 Å². The Balaban J connectivity index is 1.90. The first-order valence-electron chi connectivity index (χ1n) is 8.18. The number of unbranched alkanes of at least 4 members (excludes halogenated alkanes) is 9. The summed E-state index contributed by atoms with van der Waals surface area (Å²) < 4.78 is 0. The Hall–Kier alpha value is -0.350. The van der Waals surface area contributed by atoms with Crippen LogP contribution in [0.15, 0.2) is 24.3 Å². The Morgan fingerprint density at radius 1 is 0.737 bits per heavy atom. The van der Waals surface area contributed by atoms with E-state index in [-0.39, 0.29) is 0 Å². The molecule has 1 atom stereocenters. The summed E-state index contributed by atoms with van der Waals surface area (Å²) in [4.78, 5) is 0. The Labute approximate surface area is 122 Å². The fourth-order valence-corrected chi connectivity index (χ4v) is 2.92. The summed E-state index contributed by atoms with van der Waals surface area (Å²) in [6.45, 7) is 2.28. The van der Waals surface area contributed by atoms with E-state index in [1.165, 1.54) is 81.5 Å². The van der Waals surface area contributed by atoms with E-state index >= 15 is 0 Å². The van der Waals surface area contributed by atoms with Crippen molar-refractivity contribution in [3.05, 3.63) is 29.8 Å². The molecule has 0 nitrogen and oxygen atoms in total. The van der Waals surface area contributed by atoms with E-state index in [9.17, 15) is 0 Å². The van der Waals surface area contributed by atoms with Crippen molar-refractivity contribution in [3.8, 4) is 0 Å². The lowest BCUT2D eigenvalue weighted by Gasteiger charge is -2.05. The molecule has 0 N–H and O–H groups in total. The van der Waals surface area contributed by atoms with Crippen molar-refractivity contribution in [2.24, 2.45) is 0 Å². The molecule has 0 aliphatic heterocycles. The third-order valence-electron chi connectivity index (χ3n) is 3.85. The predicted octanol–water partition coefficient (Wildman–Crippen LogP) is 5.65. The van der Waals surface area contributed by atoms with Gasteiger partial charge in [-0.25, -0.2) is 0 Å². The maximum atomic E-state index is 2.85. The maximum Gasteiger partial charge on any atom is -0.0271 e. The van der Waals surface area contributed by atoms with Gasteiger partial charge in [0.2, 0.25) is 0 Å². The van der Waals surface area contributed by atoms with Gasteiger partial charge < -0.3 is 0 Å². The highest BCUT2D eigenvalue weighted by Crippen LogP contribution is 2.12. The molecular weight excluding hydrogens is 247 g/mol. The van der Waals surface area contributed by atoms with Crippen LogP contribution in [-0.4, -0.2) is 0 Å². The predicted molar refractivity (Wildman–Crippen MR) is 91.3 cm³/mol. The fourth-order valence-electron chi connectivity index (χ4n) is 2.56. The van der Waals surface area contributed by atoms with E-state index in [0.717, 1.165) is 0 Å². The minimum Gasteiger partial charge on any atom is -0.105 e. The summed E-state index contributed by atoms with van der Waals surface area (Å²) in [6, 6.07) is 8.72. The molecule has 0 spiro atoms. The Kier molecular flexibility index (Phi) is 10.1. The van der Waals surface area contributed by atoms with E-state index in [2.05, 4.69) is 40.4 Å². The summed E-state index contributed by atoms with van der Waals surface area (Å²) in [5.74, 6) is 0. The molecule has 1 aromatic rings. The van der Waals surface area contributed by atoms with Gasteiger partial charge in [-0.15, -0.1) is 9.24 Å². The second-order valence-corrected chi connectivity index (χ2v) is 6.25. The van der Waals surface area contributed by atoms with Crippen LogP contribution >= 0.6 is 9.24 Å². The number of hydrogen-bond donors (Lipinski definition) is 0. The maximum absolute atomic E-state index is 2.85. The van der Waals surface area contributed by atoms with Gasteiger partial charge in [-0.2, -0.15) is 0 Å². The molecule has 1 heteroatoms. The van der Waals surface area contributed by atoms with Gasteiger partial charge in [0.15, 0.2) is 0 Å². The SMILES string of the molecule is CCCCCCCCCCCCc1ccccc1P. The van der Waals surface area contributed by atoms with E-state index < -0.39 is 0 Å². The molecule has 0 saturated heterocycles. The highest BCUT2D eigenvalue weighted by molar-refractivity contribution is 7.27. The molecule has 1 rings (SSSR count). The zero-order valence-corrected chi connectivity index (χ0v) is 13.8.